The molecule has 8 heteroatoms. The maximum Gasteiger partial charge on any atom is 0.314 e. The largest absolute Gasteiger partial charge is 0.493 e. The number of hydrazine groups is 1. The van der Waals surface area contributed by atoms with Crippen molar-refractivity contribution in [3.8, 4) is 11.5 Å². The number of nitrogens with two attached hydrogens (primary N) is 1. The Morgan fingerprint density at radius 3 is 2.83 bits per heavy atom. The van der Waals surface area contributed by atoms with Crippen LogP contribution in [0.5, 0.6) is 11.5 Å². The number of nitro benzene ring substituents is 1. The van der Waals surface area contributed by atoms with E-state index in [1.807, 2.05) is 5.43 Å². The van der Waals surface area contributed by atoms with E-state index in [0.717, 1.165) is 0 Å². The molecule has 0 aromatic heterocycles. The molecule has 0 spiro atoms. The van der Waals surface area contributed by atoms with Crippen molar-refractivity contribution in [3.63, 3.8) is 0 Å². The second-order valence-electron chi connectivity index (χ2n) is 3.26. The summed E-state index contributed by atoms with van der Waals surface area (Å²) in [7, 11) is 1.34. The molecular formula is C10H13N3O5. The Labute approximate surface area is 103 Å². The smallest absolute Gasteiger partial charge is 0.314 e. The van der Waals surface area contributed by atoms with Crippen LogP contribution in [-0.4, -0.2) is 24.5 Å². The van der Waals surface area contributed by atoms with Crippen LogP contribution in [0.4, 0.5) is 5.69 Å². The number of nitrogens with zero attached hydrogens (tertiary/aromatic N) is 1. The van der Waals surface area contributed by atoms with Gasteiger partial charge in [0.1, 0.15) is 5.75 Å². The summed E-state index contributed by atoms with van der Waals surface area (Å²) in [4.78, 5) is 21.0. The Hall–Kier alpha value is -2.35. The van der Waals surface area contributed by atoms with Crippen LogP contribution in [0.25, 0.3) is 0 Å². The van der Waals surface area contributed by atoms with Gasteiger partial charge in [-0.3, -0.25) is 20.3 Å². The van der Waals surface area contributed by atoms with E-state index >= 15 is 0 Å². The summed E-state index contributed by atoms with van der Waals surface area (Å²) in [6.45, 7) is 0.0759. The maximum absolute atomic E-state index is 10.8. The monoisotopic (exact) mass is 255 g/mol. The van der Waals surface area contributed by atoms with Crippen molar-refractivity contribution in [2.75, 3.05) is 13.7 Å². The number of nitrogens with one attached hydrogen (secondary N) is 1. The molecule has 0 atom stereocenters. The lowest BCUT2D eigenvalue weighted by atomic mass is 10.3. The zero-order chi connectivity index (χ0) is 13.5. The molecule has 8 nitrogen and oxygen atoms in total. The summed E-state index contributed by atoms with van der Waals surface area (Å²) in [5.74, 6) is 4.95. The molecule has 0 saturated carbocycles. The van der Waals surface area contributed by atoms with E-state index < -0.39 is 4.92 Å². The van der Waals surface area contributed by atoms with Crippen molar-refractivity contribution >= 4 is 11.6 Å². The van der Waals surface area contributed by atoms with Gasteiger partial charge < -0.3 is 9.47 Å². The highest BCUT2D eigenvalue weighted by atomic mass is 16.6. The van der Waals surface area contributed by atoms with Gasteiger partial charge in [0.05, 0.1) is 31.1 Å². The standard InChI is InChI=1S/C10H13N3O5/c1-17-9-3-2-7(6-8(9)13(15)16)18-5-4-10(14)12-11/h2-3,6H,4-5,11H2,1H3,(H,12,14). The molecular weight excluding hydrogens is 242 g/mol. The molecule has 0 fully saturated rings. The Balaban J connectivity index is 2.70. The first-order valence-electron chi connectivity index (χ1n) is 5.03. The van der Waals surface area contributed by atoms with E-state index in [-0.39, 0.29) is 36.1 Å². The zero-order valence-electron chi connectivity index (χ0n) is 9.71. The number of amides is 1. The zero-order valence-corrected chi connectivity index (χ0v) is 9.71. The summed E-state index contributed by atoms with van der Waals surface area (Å²) in [5.41, 5.74) is 1.76. The molecule has 0 heterocycles. The number of ether oxygens (including phenoxy) is 2. The molecule has 0 radical (unpaired) electrons. The second-order valence-corrected chi connectivity index (χ2v) is 3.26. The molecule has 0 aliphatic rings. The third-order valence-corrected chi connectivity index (χ3v) is 2.11. The third-order valence-electron chi connectivity index (χ3n) is 2.11. The second kappa shape index (κ2) is 6.40. The minimum atomic E-state index is -0.571. The molecule has 1 aromatic carbocycles. The van der Waals surface area contributed by atoms with E-state index in [1.165, 1.54) is 25.3 Å². The number of carbonyl (C=O) groups excluding carboxylic acids is 1. The summed E-state index contributed by atoms with van der Waals surface area (Å²) in [6, 6.07) is 4.18. The number of rotatable bonds is 6. The van der Waals surface area contributed by atoms with Gasteiger partial charge in [-0.1, -0.05) is 0 Å². The molecule has 0 aliphatic heterocycles. The molecule has 18 heavy (non-hydrogen) atoms. The lowest BCUT2D eigenvalue weighted by molar-refractivity contribution is -0.385. The lowest BCUT2D eigenvalue weighted by Gasteiger charge is -2.07. The Morgan fingerprint density at radius 2 is 2.28 bits per heavy atom. The summed E-state index contributed by atoms with van der Waals surface area (Å²) >= 11 is 0. The predicted molar refractivity (Wildman–Crippen MR) is 62.1 cm³/mol. The first-order valence-corrected chi connectivity index (χ1v) is 5.03. The Kier molecular flexibility index (Phi) is 4.88. The van der Waals surface area contributed by atoms with Gasteiger partial charge in [0.15, 0.2) is 5.75 Å². The van der Waals surface area contributed by atoms with Crippen LogP contribution < -0.4 is 20.7 Å². The highest BCUT2D eigenvalue weighted by Crippen LogP contribution is 2.30. The van der Waals surface area contributed by atoms with Crippen LogP contribution in [0.15, 0.2) is 18.2 Å². The lowest BCUT2D eigenvalue weighted by Crippen LogP contribution is -2.31. The quantitative estimate of drug-likeness (QED) is 0.328. The number of methoxy groups -OCH3 is 1. The number of benzene rings is 1. The van der Waals surface area contributed by atoms with Gasteiger partial charge in [-0.05, 0) is 12.1 Å². The SMILES string of the molecule is COc1ccc(OCCC(=O)NN)cc1[N+](=O)[O-]. The van der Waals surface area contributed by atoms with Crippen LogP contribution in [0.3, 0.4) is 0 Å². The van der Waals surface area contributed by atoms with Gasteiger partial charge in [0.2, 0.25) is 5.91 Å². The predicted octanol–water partition coefficient (Wildman–Crippen LogP) is 0.362. The molecule has 0 bridgehead atoms. The van der Waals surface area contributed by atoms with Gasteiger partial charge in [0.25, 0.3) is 0 Å². The van der Waals surface area contributed by atoms with Crippen LogP contribution in [0.1, 0.15) is 6.42 Å². The van der Waals surface area contributed by atoms with Crippen molar-refractivity contribution < 1.29 is 19.2 Å². The average molecular weight is 255 g/mol. The van der Waals surface area contributed by atoms with Gasteiger partial charge >= 0.3 is 5.69 Å². The summed E-state index contributed by atoms with van der Waals surface area (Å²) in [6.07, 6.45) is 0.0658. The van der Waals surface area contributed by atoms with E-state index in [1.54, 1.807) is 0 Å². The molecule has 98 valence electrons. The first-order chi connectivity index (χ1) is 8.58. The fourth-order valence-corrected chi connectivity index (χ4v) is 1.24. The van der Waals surface area contributed by atoms with E-state index in [4.69, 9.17) is 15.3 Å². The van der Waals surface area contributed by atoms with Crippen molar-refractivity contribution in [2.45, 2.75) is 6.42 Å². The molecule has 0 saturated heterocycles. The summed E-state index contributed by atoms with van der Waals surface area (Å²) in [5, 5.41) is 10.8. The van der Waals surface area contributed by atoms with Gasteiger partial charge in [0, 0.05) is 0 Å². The molecule has 1 rings (SSSR count). The number of hydrogen-bond donors (Lipinski definition) is 2. The van der Waals surface area contributed by atoms with Crippen LogP contribution in [-0.2, 0) is 4.79 Å². The average Bonchev–Trinajstić information content (AvgIpc) is 2.38. The molecule has 0 aliphatic carbocycles. The normalized spacial score (nSPS) is 9.67. The maximum atomic E-state index is 10.8. The highest BCUT2D eigenvalue weighted by molar-refractivity contribution is 5.75. The number of carbonyl (C=O) groups is 1. The topological polar surface area (TPSA) is 117 Å². The minimum absolute atomic E-state index is 0.0658. The van der Waals surface area contributed by atoms with Crippen molar-refractivity contribution in [3.05, 3.63) is 28.3 Å². The van der Waals surface area contributed by atoms with Crippen LogP contribution >= 0.6 is 0 Å². The van der Waals surface area contributed by atoms with Crippen LogP contribution in [0.2, 0.25) is 0 Å². The Bertz CT molecular complexity index is 449. The fraction of sp³-hybridized carbons (Fsp3) is 0.300. The van der Waals surface area contributed by atoms with E-state index in [9.17, 15) is 14.9 Å². The van der Waals surface area contributed by atoms with Gasteiger partial charge in [-0.25, -0.2) is 5.84 Å². The van der Waals surface area contributed by atoms with Crippen molar-refractivity contribution in [2.24, 2.45) is 5.84 Å². The van der Waals surface area contributed by atoms with Gasteiger partial charge in [-0.2, -0.15) is 0 Å². The molecule has 3 N–H and O–H groups in total. The molecule has 1 aromatic rings. The molecule has 0 unspecified atom stereocenters. The number of hydrogen-bond acceptors (Lipinski definition) is 6. The number of nitro groups is 1. The highest BCUT2D eigenvalue weighted by Gasteiger charge is 2.15. The van der Waals surface area contributed by atoms with Crippen molar-refractivity contribution in [1.82, 2.24) is 5.43 Å². The fourth-order valence-electron chi connectivity index (χ4n) is 1.24. The van der Waals surface area contributed by atoms with E-state index in [2.05, 4.69) is 0 Å². The van der Waals surface area contributed by atoms with Crippen LogP contribution in [0, 0.1) is 10.1 Å². The third kappa shape index (κ3) is 3.59. The summed E-state index contributed by atoms with van der Waals surface area (Å²) < 4.78 is 10.0. The van der Waals surface area contributed by atoms with E-state index in [0.29, 0.717) is 0 Å². The van der Waals surface area contributed by atoms with Gasteiger partial charge in [-0.15, -0.1) is 0 Å². The Morgan fingerprint density at radius 1 is 1.56 bits per heavy atom. The first kappa shape index (κ1) is 13.7. The minimum Gasteiger partial charge on any atom is -0.493 e. The molecule has 1 amide bonds. The van der Waals surface area contributed by atoms with Crippen molar-refractivity contribution in [1.29, 1.82) is 0 Å².